The van der Waals surface area contributed by atoms with Crippen LogP contribution in [-0.4, -0.2) is 46.9 Å². The van der Waals surface area contributed by atoms with E-state index in [2.05, 4.69) is 20.7 Å². The van der Waals surface area contributed by atoms with Gasteiger partial charge in [0.15, 0.2) is 11.0 Å². The van der Waals surface area contributed by atoms with Gasteiger partial charge in [-0.15, -0.1) is 10.2 Å². The number of aromatic nitrogens is 3. The summed E-state index contributed by atoms with van der Waals surface area (Å²) < 4.78 is 17.8. The van der Waals surface area contributed by atoms with Crippen LogP contribution in [-0.2, 0) is 4.79 Å². The number of benzene rings is 2. The minimum absolute atomic E-state index is 0.103. The van der Waals surface area contributed by atoms with Crippen LogP contribution in [0.1, 0.15) is 11.5 Å². The summed E-state index contributed by atoms with van der Waals surface area (Å²) in [6.45, 7) is 1.84. The van der Waals surface area contributed by atoms with Gasteiger partial charge >= 0.3 is 0 Å². The fourth-order valence-corrected chi connectivity index (χ4v) is 3.85. The summed E-state index contributed by atoms with van der Waals surface area (Å²) in [5.74, 6) is 3.28. The maximum absolute atomic E-state index is 12.3. The van der Waals surface area contributed by atoms with Crippen LogP contribution in [0.25, 0.3) is 17.1 Å². The Morgan fingerprint density at radius 2 is 1.71 bits per heavy atom. The van der Waals surface area contributed by atoms with Crippen molar-refractivity contribution < 1.29 is 18.7 Å². The Bertz CT molecular complexity index is 1280. The van der Waals surface area contributed by atoms with E-state index in [1.807, 2.05) is 66.1 Å². The maximum atomic E-state index is 12.3. The first-order valence-electron chi connectivity index (χ1n) is 10.3. The van der Waals surface area contributed by atoms with Crippen molar-refractivity contribution in [2.45, 2.75) is 12.1 Å². The molecule has 0 atom stereocenters. The zero-order chi connectivity index (χ0) is 23.9. The molecule has 0 spiro atoms. The molecule has 0 unspecified atom stereocenters. The number of nitrogens with zero attached hydrogens (tertiary/aromatic N) is 4. The van der Waals surface area contributed by atoms with Gasteiger partial charge in [0.05, 0.1) is 26.2 Å². The molecule has 0 bridgehead atoms. The highest BCUT2D eigenvalue weighted by molar-refractivity contribution is 7.99. The van der Waals surface area contributed by atoms with Crippen LogP contribution in [0.2, 0.25) is 0 Å². The number of hydrazone groups is 1. The van der Waals surface area contributed by atoms with Crippen molar-refractivity contribution in [1.82, 2.24) is 20.2 Å². The Morgan fingerprint density at radius 1 is 1.03 bits per heavy atom. The molecule has 2 aromatic carbocycles. The highest BCUT2D eigenvalue weighted by Crippen LogP contribution is 2.29. The van der Waals surface area contributed by atoms with E-state index in [1.54, 1.807) is 20.3 Å². The molecule has 0 saturated carbocycles. The zero-order valence-electron chi connectivity index (χ0n) is 18.9. The molecule has 174 valence electrons. The van der Waals surface area contributed by atoms with E-state index in [0.717, 1.165) is 28.5 Å². The molecule has 1 N–H and O–H groups in total. The summed E-state index contributed by atoms with van der Waals surface area (Å²) in [5, 5.41) is 13.2. The lowest BCUT2D eigenvalue weighted by Crippen LogP contribution is -2.19. The van der Waals surface area contributed by atoms with Crippen LogP contribution in [0.5, 0.6) is 11.5 Å². The summed E-state index contributed by atoms with van der Waals surface area (Å²) >= 11 is 1.26. The van der Waals surface area contributed by atoms with Crippen molar-refractivity contribution in [3.8, 4) is 28.6 Å². The second-order valence-corrected chi connectivity index (χ2v) is 8.04. The Labute approximate surface area is 200 Å². The largest absolute Gasteiger partial charge is 0.497 e. The van der Waals surface area contributed by atoms with E-state index in [4.69, 9.17) is 13.9 Å². The first-order chi connectivity index (χ1) is 16.6. The van der Waals surface area contributed by atoms with Gasteiger partial charge < -0.3 is 13.9 Å². The van der Waals surface area contributed by atoms with Gasteiger partial charge in [-0.25, -0.2) is 5.43 Å². The van der Waals surface area contributed by atoms with Crippen molar-refractivity contribution >= 4 is 23.9 Å². The Hall–Kier alpha value is -4.05. The summed E-state index contributed by atoms with van der Waals surface area (Å²) in [6, 6.07) is 18.7. The first kappa shape index (κ1) is 23.1. The standard InChI is InChI=1S/C24H23N5O4S/c1-16-4-9-21(33-16)14-25-26-22(30)15-34-24-28-27-23(17-5-10-19(31-2)11-6-17)29(24)18-7-12-20(32-3)13-8-18/h4-14H,15H2,1-3H3,(H,26,30)/b25-14-. The van der Waals surface area contributed by atoms with Crippen molar-refractivity contribution in [2.24, 2.45) is 5.10 Å². The van der Waals surface area contributed by atoms with Gasteiger partial charge in [0.1, 0.15) is 23.0 Å². The molecule has 2 aromatic heterocycles. The van der Waals surface area contributed by atoms with E-state index in [0.29, 0.717) is 16.7 Å². The molecule has 4 aromatic rings. The van der Waals surface area contributed by atoms with Gasteiger partial charge in [-0.2, -0.15) is 5.10 Å². The Kier molecular flexibility index (Phi) is 7.28. The lowest BCUT2D eigenvalue weighted by atomic mass is 10.2. The van der Waals surface area contributed by atoms with E-state index < -0.39 is 0 Å². The predicted molar refractivity (Wildman–Crippen MR) is 130 cm³/mol. The highest BCUT2D eigenvalue weighted by atomic mass is 32.2. The Morgan fingerprint density at radius 3 is 2.32 bits per heavy atom. The molecule has 0 aliphatic heterocycles. The quantitative estimate of drug-likeness (QED) is 0.220. The lowest BCUT2D eigenvalue weighted by molar-refractivity contribution is -0.118. The SMILES string of the molecule is COc1ccc(-c2nnc(SCC(=O)N/N=C\c3ccc(C)o3)n2-c2ccc(OC)cc2)cc1. The van der Waals surface area contributed by atoms with Gasteiger partial charge in [-0.05, 0) is 67.6 Å². The monoisotopic (exact) mass is 477 g/mol. The molecular formula is C24H23N5O4S. The highest BCUT2D eigenvalue weighted by Gasteiger charge is 2.17. The summed E-state index contributed by atoms with van der Waals surface area (Å²) in [6.07, 6.45) is 1.46. The number of carbonyl (C=O) groups is 1. The van der Waals surface area contributed by atoms with Crippen molar-refractivity contribution in [1.29, 1.82) is 0 Å². The second-order valence-electron chi connectivity index (χ2n) is 7.10. The molecular weight excluding hydrogens is 454 g/mol. The number of aryl methyl sites for hydroxylation is 1. The number of methoxy groups -OCH3 is 2. The number of furan rings is 1. The topological polar surface area (TPSA) is 104 Å². The van der Waals surface area contributed by atoms with Crippen molar-refractivity contribution in [3.05, 3.63) is 72.2 Å². The normalized spacial score (nSPS) is 11.0. The summed E-state index contributed by atoms with van der Waals surface area (Å²) in [4.78, 5) is 12.3. The first-order valence-corrected chi connectivity index (χ1v) is 11.3. The van der Waals surface area contributed by atoms with Gasteiger partial charge in [0, 0.05) is 11.3 Å². The third-order valence-corrected chi connectivity index (χ3v) is 5.72. The van der Waals surface area contributed by atoms with Crippen molar-refractivity contribution in [2.75, 3.05) is 20.0 Å². The summed E-state index contributed by atoms with van der Waals surface area (Å²) in [7, 11) is 3.24. The molecule has 4 rings (SSSR count). The molecule has 34 heavy (non-hydrogen) atoms. The van der Waals surface area contributed by atoms with Crippen LogP contribution in [0.15, 0.2) is 75.3 Å². The lowest BCUT2D eigenvalue weighted by Gasteiger charge is -2.11. The minimum Gasteiger partial charge on any atom is -0.497 e. The van der Waals surface area contributed by atoms with Crippen LogP contribution in [0, 0.1) is 6.92 Å². The second kappa shape index (κ2) is 10.7. The van der Waals surface area contributed by atoms with Gasteiger partial charge in [-0.3, -0.25) is 9.36 Å². The number of nitrogens with one attached hydrogen (secondary N) is 1. The molecule has 0 aliphatic carbocycles. The third-order valence-electron chi connectivity index (χ3n) is 4.79. The number of hydrogen-bond acceptors (Lipinski definition) is 8. The molecule has 0 saturated heterocycles. The number of thioether (sulfide) groups is 1. The Balaban J connectivity index is 1.54. The molecule has 0 fully saturated rings. The number of carbonyl (C=O) groups excluding carboxylic acids is 1. The fourth-order valence-electron chi connectivity index (χ4n) is 3.11. The summed E-state index contributed by atoms with van der Waals surface area (Å²) in [5.41, 5.74) is 4.20. The molecule has 9 nitrogen and oxygen atoms in total. The number of amides is 1. The fraction of sp³-hybridized carbons (Fsp3) is 0.167. The smallest absolute Gasteiger partial charge is 0.250 e. The van der Waals surface area contributed by atoms with Crippen LogP contribution in [0.4, 0.5) is 0 Å². The molecule has 10 heteroatoms. The number of ether oxygens (including phenoxy) is 2. The van der Waals surface area contributed by atoms with Crippen molar-refractivity contribution in [3.63, 3.8) is 0 Å². The van der Waals surface area contributed by atoms with E-state index >= 15 is 0 Å². The zero-order valence-corrected chi connectivity index (χ0v) is 19.7. The van der Waals surface area contributed by atoms with Crippen LogP contribution >= 0.6 is 11.8 Å². The predicted octanol–water partition coefficient (Wildman–Crippen LogP) is 4.10. The average molecular weight is 478 g/mol. The van der Waals surface area contributed by atoms with Crippen LogP contribution in [0.3, 0.4) is 0 Å². The molecule has 2 heterocycles. The van der Waals surface area contributed by atoms with Gasteiger partial charge in [0.2, 0.25) is 0 Å². The maximum Gasteiger partial charge on any atom is 0.250 e. The number of hydrogen-bond donors (Lipinski definition) is 1. The molecule has 0 aliphatic rings. The van der Waals surface area contributed by atoms with E-state index in [1.165, 1.54) is 18.0 Å². The molecule has 0 radical (unpaired) electrons. The number of rotatable bonds is 9. The van der Waals surface area contributed by atoms with Gasteiger partial charge in [0.25, 0.3) is 5.91 Å². The van der Waals surface area contributed by atoms with E-state index in [9.17, 15) is 4.79 Å². The van der Waals surface area contributed by atoms with E-state index in [-0.39, 0.29) is 11.7 Å². The van der Waals surface area contributed by atoms with Gasteiger partial charge in [-0.1, -0.05) is 11.8 Å². The third kappa shape index (κ3) is 5.46. The average Bonchev–Trinajstić information content (AvgIpc) is 3.49. The molecule has 1 amide bonds. The van der Waals surface area contributed by atoms with Crippen LogP contribution < -0.4 is 14.9 Å². The minimum atomic E-state index is -0.278.